The van der Waals surface area contributed by atoms with E-state index in [4.69, 9.17) is 9.15 Å². The normalized spacial score (nSPS) is 10.8. The first-order chi connectivity index (χ1) is 14.5. The lowest BCUT2D eigenvalue weighted by Gasteiger charge is -2.08. The number of hydrogen-bond donors (Lipinski definition) is 1. The van der Waals surface area contributed by atoms with Crippen molar-refractivity contribution in [3.63, 3.8) is 0 Å². The number of hydrogen-bond acceptors (Lipinski definition) is 5. The summed E-state index contributed by atoms with van der Waals surface area (Å²) in [4.78, 5) is 12.6. The van der Waals surface area contributed by atoms with E-state index in [2.05, 4.69) is 21.6 Å². The van der Waals surface area contributed by atoms with E-state index < -0.39 is 0 Å². The molecular weight excluding hydrogens is 380 g/mol. The zero-order chi connectivity index (χ0) is 21.1. The molecule has 0 atom stereocenters. The minimum absolute atomic E-state index is 0.221. The van der Waals surface area contributed by atoms with Gasteiger partial charge < -0.3 is 19.0 Å². The van der Waals surface area contributed by atoms with Gasteiger partial charge >= 0.3 is 0 Å². The Morgan fingerprint density at radius 1 is 1.13 bits per heavy atom. The molecule has 30 heavy (non-hydrogen) atoms. The topological polar surface area (TPSA) is 82.2 Å². The maximum absolute atomic E-state index is 12.6. The summed E-state index contributed by atoms with van der Waals surface area (Å²) in [6.45, 7) is 4.29. The molecule has 1 N–H and O–H groups in total. The van der Waals surface area contributed by atoms with Crippen molar-refractivity contribution in [2.24, 2.45) is 7.05 Å². The highest BCUT2D eigenvalue weighted by atomic mass is 16.5. The monoisotopic (exact) mass is 402 g/mol. The van der Waals surface area contributed by atoms with Gasteiger partial charge in [-0.05, 0) is 49.7 Å². The van der Waals surface area contributed by atoms with Gasteiger partial charge in [0.2, 0.25) is 0 Å². The van der Waals surface area contributed by atoms with Gasteiger partial charge in [-0.1, -0.05) is 29.8 Å². The number of aryl methyl sites for hydroxylation is 3. The summed E-state index contributed by atoms with van der Waals surface area (Å²) in [7, 11) is 1.87. The molecule has 7 heteroatoms. The van der Waals surface area contributed by atoms with Crippen LogP contribution in [0, 0.1) is 13.8 Å². The van der Waals surface area contributed by atoms with Crippen molar-refractivity contribution in [3.05, 3.63) is 83.6 Å². The van der Waals surface area contributed by atoms with E-state index in [9.17, 15) is 4.79 Å². The lowest BCUT2D eigenvalue weighted by molar-refractivity contribution is 0.0992. The Hall–Kier alpha value is -3.87. The second-order valence-corrected chi connectivity index (χ2v) is 7.12. The lowest BCUT2D eigenvalue weighted by Crippen LogP contribution is -2.11. The van der Waals surface area contributed by atoms with Crippen molar-refractivity contribution in [2.75, 3.05) is 5.32 Å². The molecule has 0 saturated carbocycles. The molecule has 0 aliphatic carbocycles. The third-order valence-corrected chi connectivity index (χ3v) is 4.68. The van der Waals surface area contributed by atoms with Crippen molar-refractivity contribution in [1.82, 2.24) is 14.8 Å². The molecule has 2 aromatic carbocycles. The summed E-state index contributed by atoms with van der Waals surface area (Å²) in [5.41, 5.74) is 3.74. The van der Waals surface area contributed by atoms with Gasteiger partial charge in [0.25, 0.3) is 5.91 Å². The van der Waals surface area contributed by atoms with Gasteiger partial charge in [-0.2, -0.15) is 0 Å². The van der Waals surface area contributed by atoms with Gasteiger partial charge in [-0.3, -0.25) is 4.79 Å². The van der Waals surface area contributed by atoms with Crippen LogP contribution in [0.1, 0.15) is 27.4 Å². The summed E-state index contributed by atoms with van der Waals surface area (Å²) < 4.78 is 13.3. The minimum atomic E-state index is -0.331. The number of rotatable bonds is 6. The van der Waals surface area contributed by atoms with Crippen molar-refractivity contribution >= 4 is 11.6 Å². The molecule has 4 rings (SSSR count). The number of benzene rings is 2. The SMILES string of the molecule is Cc1ccc(OCc2ccc(C(=O)Nc3cccc(-c4nncn4C)c3)o2)c(C)c1. The predicted molar refractivity (Wildman–Crippen MR) is 113 cm³/mol. The predicted octanol–water partition coefficient (Wildman–Crippen LogP) is 4.52. The van der Waals surface area contributed by atoms with Crippen LogP contribution >= 0.6 is 0 Å². The number of nitrogens with one attached hydrogen (secondary N) is 1. The Morgan fingerprint density at radius 2 is 2.00 bits per heavy atom. The largest absolute Gasteiger partial charge is 0.485 e. The Labute approximate surface area is 174 Å². The Bertz CT molecular complexity index is 1190. The number of nitrogens with zero attached hydrogens (tertiary/aromatic N) is 3. The van der Waals surface area contributed by atoms with Crippen molar-refractivity contribution in [3.8, 4) is 17.1 Å². The third-order valence-electron chi connectivity index (χ3n) is 4.68. The molecule has 4 aromatic rings. The van der Waals surface area contributed by atoms with Crippen LogP contribution in [0.15, 0.2) is 65.3 Å². The molecule has 0 spiro atoms. The highest BCUT2D eigenvalue weighted by Gasteiger charge is 2.13. The Morgan fingerprint density at radius 3 is 2.77 bits per heavy atom. The zero-order valence-electron chi connectivity index (χ0n) is 17.0. The third kappa shape index (κ3) is 4.25. The van der Waals surface area contributed by atoms with Crippen LogP contribution in [0.5, 0.6) is 5.75 Å². The van der Waals surface area contributed by atoms with Gasteiger partial charge in [-0.15, -0.1) is 10.2 Å². The van der Waals surface area contributed by atoms with Crippen LogP contribution in [-0.4, -0.2) is 20.7 Å². The molecule has 0 fully saturated rings. The molecule has 152 valence electrons. The maximum atomic E-state index is 12.6. The Kier molecular flexibility index (Phi) is 5.34. The summed E-state index contributed by atoms with van der Waals surface area (Å²) in [6, 6.07) is 16.8. The molecule has 2 aromatic heterocycles. The van der Waals surface area contributed by atoms with Crippen LogP contribution in [0.3, 0.4) is 0 Å². The molecule has 7 nitrogen and oxygen atoms in total. The minimum Gasteiger partial charge on any atom is -0.485 e. The van der Waals surface area contributed by atoms with E-state index in [0.29, 0.717) is 11.4 Å². The van der Waals surface area contributed by atoms with E-state index in [1.807, 2.05) is 61.9 Å². The summed E-state index contributed by atoms with van der Waals surface area (Å²) in [5.74, 6) is 1.98. The lowest BCUT2D eigenvalue weighted by atomic mass is 10.1. The van der Waals surface area contributed by atoms with E-state index in [1.165, 1.54) is 5.56 Å². The standard InChI is InChI=1S/C23H22N4O3/c1-15-7-9-20(16(2)11-15)29-13-19-8-10-21(30-19)23(28)25-18-6-4-5-17(12-18)22-26-24-14-27(22)3/h4-12,14H,13H2,1-3H3,(H,25,28). The quantitative estimate of drug-likeness (QED) is 0.513. The van der Waals surface area contributed by atoms with Gasteiger partial charge in [0.05, 0.1) is 0 Å². The van der Waals surface area contributed by atoms with Gasteiger partial charge in [0.1, 0.15) is 24.4 Å². The summed E-state index contributed by atoms with van der Waals surface area (Å²) >= 11 is 0. The highest BCUT2D eigenvalue weighted by molar-refractivity contribution is 6.02. The highest BCUT2D eigenvalue weighted by Crippen LogP contribution is 2.22. The molecule has 0 aliphatic heterocycles. The van der Waals surface area contributed by atoms with Gasteiger partial charge in [0.15, 0.2) is 11.6 Å². The fourth-order valence-electron chi connectivity index (χ4n) is 3.16. The number of aromatic nitrogens is 3. The van der Waals surface area contributed by atoms with Crippen LogP contribution < -0.4 is 10.1 Å². The molecule has 0 aliphatic rings. The maximum Gasteiger partial charge on any atom is 0.291 e. The Balaban J connectivity index is 1.41. The number of amides is 1. The number of anilines is 1. The zero-order valence-corrected chi connectivity index (χ0v) is 17.0. The van der Waals surface area contributed by atoms with Gasteiger partial charge in [-0.25, -0.2) is 0 Å². The number of furan rings is 1. The van der Waals surface area contributed by atoms with Gasteiger partial charge in [0, 0.05) is 18.3 Å². The molecule has 0 saturated heterocycles. The van der Waals surface area contributed by atoms with E-state index in [1.54, 1.807) is 18.5 Å². The number of carbonyl (C=O) groups excluding carboxylic acids is 1. The van der Waals surface area contributed by atoms with E-state index in [0.717, 1.165) is 22.7 Å². The number of ether oxygens (including phenoxy) is 1. The molecule has 0 unspecified atom stereocenters. The van der Waals surface area contributed by atoms with Crippen LogP contribution in [-0.2, 0) is 13.7 Å². The molecule has 0 bridgehead atoms. The molecule has 1 amide bonds. The average molecular weight is 402 g/mol. The van der Waals surface area contributed by atoms with Crippen LogP contribution in [0.4, 0.5) is 5.69 Å². The first-order valence-corrected chi connectivity index (χ1v) is 9.54. The van der Waals surface area contributed by atoms with E-state index in [-0.39, 0.29) is 18.3 Å². The fourth-order valence-corrected chi connectivity index (χ4v) is 3.16. The number of carbonyl (C=O) groups is 1. The summed E-state index contributed by atoms with van der Waals surface area (Å²) in [6.07, 6.45) is 1.63. The first kappa shape index (κ1) is 19.4. The molecular formula is C23H22N4O3. The van der Waals surface area contributed by atoms with E-state index >= 15 is 0 Å². The van der Waals surface area contributed by atoms with Crippen molar-refractivity contribution < 1.29 is 13.9 Å². The summed E-state index contributed by atoms with van der Waals surface area (Å²) in [5, 5.41) is 10.8. The first-order valence-electron chi connectivity index (χ1n) is 9.54. The van der Waals surface area contributed by atoms with Crippen LogP contribution in [0.25, 0.3) is 11.4 Å². The second-order valence-electron chi connectivity index (χ2n) is 7.12. The molecule has 2 heterocycles. The fraction of sp³-hybridized carbons (Fsp3) is 0.174. The van der Waals surface area contributed by atoms with Crippen LogP contribution in [0.2, 0.25) is 0 Å². The molecule has 0 radical (unpaired) electrons. The van der Waals surface area contributed by atoms with Crippen molar-refractivity contribution in [1.29, 1.82) is 0 Å². The van der Waals surface area contributed by atoms with Crippen molar-refractivity contribution in [2.45, 2.75) is 20.5 Å². The smallest absolute Gasteiger partial charge is 0.291 e. The average Bonchev–Trinajstić information content (AvgIpc) is 3.36. The second kappa shape index (κ2) is 8.24.